The van der Waals surface area contributed by atoms with Gasteiger partial charge in [-0.15, -0.1) is 11.3 Å². The van der Waals surface area contributed by atoms with Crippen LogP contribution in [0.5, 0.6) is 0 Å². The summed E-state index contributed by atoms with van der Waals surface area (Å²) >= 11 is 1.31. The van der Waals surface area contributed by atoms with Gasteiger partial charge < -0.3 is 31.2 Å². The third-order valence-corrected chi connectivity index (χ3v) is 8.54. The van der Waals surface area contributed by atoms with Gasteiger partial charge in [-0.25, -0.2) is 14.4 Å². The van der Waals surface area contributed by atoms with Crippen molar-refractivity contribution >= 4 is 39.0 Å². The van der Waals surface area contributed by atoms with Gasteiger partial charge in [0.1, 0.15) is 9.71 Å². The second kappa shape index (κ2) is 10.7. The minimum Gasteiger partial charge on any atom is -0.397 e. The second-order valence-corrected chi connectivity index (χ2v) is 11.4. The van der Waals surface area contributed by atoms with Crippen molar-refractivity contribution in [2.75, 3.05) is 37.4 Å². The monoisotopic (exact) mass is 542 g/mol. The fourth-order valence-electron chi connectivity index (χ4n) is 5.33. The number of nitrogen functional groups attached to an aromatic ring is 1. The molecule has 5 rings (SSSR count). The molecule has 0 saturated carbocycles. The number of carbonyl (C=O) groups is 1. The number of halogens is 1. The van der Waals surface area contributed by atoms with Crippen molar-refractivity contribution < 1.29 is 18.7 Å². The number of amides is 1. The highest BCUT2D eigenvalue weighted by Gasteiger charge is 2.34. The first-order valence-corrected chi connectivity index (χ1v) is 13.8. The molecule has 3 aromatic heterocycles. The number of aromatic nitrogens is 2. The van der Waals surface area contributed by atoms with Crippen LogP contribution in [-0.2, 0) is 22.3 Å². The van der Waals surface area contributed by atoms with Crippen LogP contribution in [0, 0.1) is 19.7 Å². The number of methoxy groups -OCH3 is 1. The van der Waals surface area contributed by atoms with E-state index >= 15 is 4.39 Å². The first-order valence-electron chi connectivity index (χ1n) is 12.9. The lowest BCUT2D eigenvalue weighted by molar-refractivity contribution is -0.0166. The van der Waals surface area contributed by atoms with Gasteiger partial charge in [-0.05, 0) is 63.3 Å². The van der Waals surface area contributed by atoms with Gasteiger partial charge in [0.2, 0.25) is 0 Å². The van der Waals surface area contributed by atoms with Crippen molar-refractivity contribution in [2.45, 2.75) is 64.3 Å². The van der Waals surface area contributed by atoms with E-state index in [0.29, 0.717) is 55.3 Å². The van der Waals surface area contributed by atoms with E-state index in [1.54, 1.807) is 13.2 Å². The molecule has 0 bridgehead atoms. The fourth-order valence-corrected chi connectivity index (χ4v) is 6.45. The summed E-state index contributed by atoms with van der Waals surface area (Å²) in [7, 11) is 1.63. The number of nitrogens with two attached hydrogens (primary N) is 2. The minimum absolute atomic E-state index is 0.0383. The zero-order valence-electron chi connectivity index (χ0n) is 22.2. The van der Waals surface area contributed by atoms with Crippen molar-refractivity contribution in [2.24, 2.45) is 5.73 Å². The number of ether oxygens (including phenoxy) is 2. The van der Waals surface area contributed by atoms with Crippen molar-refractivity contribution in [3.05, 3.63) is 45.3 Å². The van der Waals surface area contributed by atoms with E-state index in [1.165, 1.54) is 11.3 Å². The topological polar surface area (TPSA) is 129 Å². The van der Waals surface area contributed by atoms with E-state index in [-0.39, 0.29) is 36.0 Å². The molecule has 11 heteroatoms. The molecule has 1 saturated heterocycles. The van der Waals surface area contributed by atoms with E-state index in [9.17, 15) is 4.79 Å². The molecule has 4 heterocycles. The van der Waals surface area contributed by atoms with Crippen LogP contribution in [0.3, 0.4) is 0 Å². The number of hydrogen-bond donors (Lipinski definition) is 3. The van der Waals surface area contributed by atoms with Crippen LogP contribution >= 0.6 is 11.3 Å². The maximum Gasteiger partial charge on any atom is 0.263 e. The number of nitrogens with zero attached hydrogens (tertiary/aromatic N) is 3. The summed E-state index contributed by atoms with van der Waals surface area (Å²) in [5.74, 6) is -0.302. The maximum absolute atomic E-state index is 15.2. The third kappa shape index (κ3) is 5.20. The van der Waals surface area contributed by atoms with Gasteiger partial charge in [-0.1, -0.05) is 0 Å². The number of thiophene rings is 1. The normalized spacial score (nSPS) is 22.1. The first kappa shape index (κ1) is 26.7. The second-order valence-electron chi connectivity index (χ2n) is 10.4. The molecular formula is C27H35FN6O3S. The predicted molar refractivity (Wildman–Crippen MR) is 147 cm³/mol. The number of fused-ring (bicyclic) bond motifs is 2. The zero-order chi connectivity index (χ0) is 27.1. The third-order valence-electron chi connectivity index (χ3n) is 7.44. The maximum atomic E-state index is 15.2. The smallest absolute Gasteiger partial charge is 0.263 e. The summed E-state index contributed by atoms with van der Waals surface area (Å²) in [5, 5.41) is 3.93. The Labute approximate surface area is 225 Å². The number of pyridine rings is 2. The van der Waals surface area contributed by atoms with E-state index in [1.807, 2.05) is 31.7 Å². The highest BCUT2D eigenvalue weighted by Crippen LogP contribution is 2.35. The summed E-state index contributed by atoms with van der Waals surface area (Å²) in [6.07, 6.45) is 1.60. The Morgan fingerprint density at radius 2 is 2.11 bits per heavy atom. The summed E-state index contributed by atoms with van der Waals surface area (Å²) < 4.78 is 26.4. The molecule has 1 aliphatic carbocycles. The molecule has 0 aromatic carbocycles. The van der Waals surface area contributed by atoms with Gasteiger partial charge in [0.25, 0.3) is 5.91 Å². The Morgan fingerprint density at radius 1 is 1.32 bits per heavy atom. The molecule has 4 unspecified atom stereocenters. The molecule has 1 fully saturated rings. The number of anilines is 2. The van der Waals surface area contributed by atoms with E-state index in [4.69, 9.17) is 20.9 Å². The molecule has 204 valence electrons. The number of rotatable bonds is 7. The van der Waals surface area contributed by atoms with Crippen LogP contribution in [0.25, 0.3) is 10.2 Å². The molecule has 3 aromatic rings. The lowest BCUT2D eigenvalue weighted by Gasteiger charge is -2.27. The molecule has 9 nitrogen and oxygen atoms in total. The van der Waals surface area contributed by atoms with E-state index < -0.39 is 0 Å². The van der Waals surface area contributed by atoms with Crippen molar-refractivity contribution in [1.82, 2.24) is 15.3 Å². The highest BCUT2D eigenvalue weighted by molar-refractivity contribution is 7.21. The molecule has 1 aliphatic heterocycles. The number of aryl methyl sites for hydroxylation is 3. The Balaban J connectivity index is 1.26. The Bertz CT molecular complexity index is 1360. The van der Waals surface area contributed by atoms with Crippen molar-refractivity contribution in [3.63, 3.8) is 0 Å². The van der Waals surface area contributed by atoms with Crippen molar-refractivity contribution in [3.8, 4) is 0 Å². The summed E-state index contributed by atoms with van der Waals surface area (Å²) in [4.78, 5) is 25.5. The summed E-state index contributed by atoms with van der Waals surface area (Å²) in [5.41, 5.74) is 16.6. The SMILES string of the molecule is COC(C)COC1CN(c2nc3c(cc2F)CC(NC(=O)c2sc4nc(C)cc(C)c4c2N)CC3)CC1N. The van der Waals surface area contributed by atoms with Gasteiger partial charge in [0.05, 0.1) is 30.5 Å². The van der Waals surface area contributed by atoms with Gasteiger partial charge in [-0.3, -0.25) is 4.79 Å². The van der Waals surface area contributed by atoms with Gasteiger partial charge in [0.15, 0.2) is 11.6 Å². The number of hydrogen-bond acceptors (Lipinski definition) is 9. The van der Waals surface area contributed by atoms with Crippen LogP contribution in [-0.4, -0.2) is 67.0 Å². The Hall–Kier alpha value is -2.86. The van der Waals surface area contributed by atoms with Gasteiger partial charge in [0, 0.05) is 43.0 Å². The number of nitrogens with one attached hydrogen (secondary N) is 1. The van der Waals surface area contributed by atoms with Crippen LogP contribution < -0.4 is 21.7 Å². The summed E-state index contributed by atoms with van der Waals surface area (Å²) in [6.45, 7) is 7.20. The Kier molecular flexibility index (Phi) is 7.54. The van der Waals surface area contributed by atoms with Gasteiger partial charge >= 0.3 is 0 Å². The highest BCUT2D eigenvalue weighted by atomic mass is 32.1. The van der Waals surface area contributed by atoms with Crippen molar-refractivity contribution in [1.29, 1.82) is 0 Å². The average molecular weight is 543 g/mol. The number of carbonyl (C=O) groups excluding carboxylic acids is 1. The lowest BCUT2D eigenvalue weighted by atomic mass is 9.91. The lowest BCUT2D eigenvalue weighted by Crippen LogP contribution is -2.39. The van der Waals surface area contributed by atoms with Gasteiger partial charge in [-0.2, -0.15) is 0 Å². The molecule has 1 amide bonds. The zero-order valence-corrected chi connectivity index (χ0v) is 23.0. The predicted octanol–water partition coefficient (Wildman–Crippen LogP) is 2.88. The van der Waals surface area contributed by atoms with E-state index in [0.717, 1.165) is 32.7 Å². The summed E-state index contributed by atoms with van der Waals surface area (Å²) in [6, 6.07) is 3.14. The molecule has 0 spiro atoms. The minimum atomic E-state index is -0.389. The molecule has 4 atom stereocenters. The quantitative estimate of drug-likeness (QED) is 0.416. The van der Waals surface area contributed by atoms with Crippen LogP contribution in [0.4, 0.5) is 15.9 Å². The Morgan fingerprint density at radius 3 is 2.87 bits per heavy atom. The fraction of sp³-hybridized carbons (Fsp3) is 0.519. The molecule has 0 radical (unpaired) electrons. The van der Waals surface area contributed by atoms with E-state index in [2.05, 4.69) is 15.3 Å². The van der Waals surface area contributed by atoms with Crippen LogP contribution in [0.15, 0.2) is 12.1 Å². The molecule has 2 aliphatic rings. The van der Waals surface area contributed by atoms with Crippen LogP contribution in [0.1, 0.15) is 45.5 Å². The standard InChI is InChI=1S/C27H35FN6O3S/c1-13-7-14(2)31-27-22(13)23(30)24(38-27)26(35)32-17-5-6-20-16(8-17)9-18(28)25(33-20)34-10-19(29)21(11-34)37-12-15(3)36-4/h7,9,15,17,19,21H,5-6,8,10-12,29-30H2,1-4H3,(H,32,35). The largest absolute Gasteiger partial charge is 0.397 e. The molecule has 38 heavy (non-hydrogen) atoms. The van der Waals surface area contributed by atoms with Crippen LogP contribution in [0.2, 0.25) is 0 Å². The molecular weight excluding hydrogens is 507 g/mol. The average Bonchev–Trinajstić information content (AvgIpc) is 3.41. The first-order chi connectivity index (χ1) is 18.1. The molecule has 5 N–H and O–H groups in total.